The van der Waals surface area contributed by atoms with Gasteiger partial charge in [0.05, 0.1) is 6.04 Å². The second kappa shape index (κ2) is 5.81. The lowest BCUT2D eigenvalue weighted by atomic mass is 10.1. The van der Waals surface area contributed by atoms with Gasteiger partial charge >= 0.3 is 0 Å². The molecule has 1 N–H and O–H groups in total. The van der Waals surface area contributed by atoms with Crippen LogP contribution in [0.4, 0.5) is 5.69 Å². The first kappa shape index (κ1) is 13.4. The first-order valence-electron chi connectivity index (χ1n) is 6.64. The molecule has 0 fully saturated rings. The van der Waals surface area contributed by atoms with Crippen molar-refractivity contribution in [3.63, 3.8) is 0 Å². The maximum Gasteiger partial charge on any atom is 0.0953 e. The Kier molecular flexibility index (Phi) is 3.90. The standard InChI is InChI=1S/C17H17NS2/c1-12-9-13(2)11-14(10-12)18-17(15-5-3-7-19-15)16-6-4-8-20-16/h3-11,17-18H,1-2H3. The monoisotopic (exact) mass is 299 g/mol. The molecular formula is C17H17NS2. The molecule has 0 bridgehead atoms. The number of thiophene rings is 2. The zero-order valence-corrected chi connectivity index (χ0v) is 13.2. The lowest BCUT2D eigenvalue weighted by molar-refractivity contribution is 0.991. The van der Waals surface area contributed by atoms with Crippen molar-refractivity contribution < 1.29 is 0 Å². The van der Waals surface area contributed by atoms with Crippen LogP contribution in [0.25, 0.3) is 0 Å². The molecule has 102 valence electrons. The minimum Gasteiger partial charge on any atom is -0.373 e. The molecule has 20 heavy (non-hydrogen) atoms. The van der Waals surface area contributed by atoms with E-state index in [1.54, 1.807) is 22.7 Å². The van der Waals surface area contributed by atoms with Crippen molar-refractivity contribution in [1.29, 1.82) is 0 Å². The largest absolute Gasteiger partial charge is 0.373 e. The molecule has 0 unspecified atom stereocenters. The molecule has 0 saturated carbocycles. The van der Waals surface area contributed by atoms with Crippen LogP contribution in [0.3, 0.4) is 0 Å². The van der Waals surface area contributed by atoms with Crippen LogP contribution in [0.5, 0.6) is 0 Å². The van der Waals surface area contributed by atoms with Crippen molar-refractivity contribution >= 4 is 28.4 Å². The highest BCUT2D eigenvalue weighted by molar-refractivity contribution is 7.11. The molecule has 0 saturated heterocycles. The van der Waals surface area contributed by atoms with Crippen LogP contribution in [0.2, 0.25) is 0 Å². The Bertz CT molecular complexity index is 615. The molecule has 0 amide bonds. The van der Waals surface area contributed by atoms with Crippen LogP contribution in [0.15, 0.2) is 53.2 Å². The van der Waals surface area contributed by atoms with E-state index in [-0.39, 0.29) is 6.04 Å². The number of rotatable bonds is 4. The van der Waals surface area contributed by atoms with Crippen LogP contribution >= 0.6 is 22.7 Å². The molecule has 0 spiro atoms. The topological polar surface area (TPSA) is 12.0 Å². The summed E-state index contributed by atoms with van der Waals surface area (Å²) in [5.41, 5.74) is 3.78. The molecule has 3 heteroatoms. The van der Waals surface area contributed by atoms with Gasteiger partial charge in [0.1, 0.15) is 0 Å². The molecule has 3 aromatic rings. The molecule has 1 aromatic carbocycles. The summed E-state index contributed by atoms with van der Waals surface area (Å²) in [6, 6.07) is 15.5. The molecule has 0 aliphatic rings. The maximum absolute atomic E-state index is 3.69. The Hall–Kier alpha value is -1.58. The third-order valence-corrected chi connectivity index (χ3v) is 5.06. The second-order valence-corrected chi connectivity index (χ2v) is 6.94. The van der Waals surface area contributed by atoms with Gasteiger partial charge in [-0.15, -0.1) is 22.7 Å². The van der Waals surface area contributed by atoms with E-state index in [0.29, 0.717) is 0 Å². The van der Waals surface area contributed by atoms with Crippen molar-refractivity contribution in [2.45, 2.75) is 19.9 Å². The Morgan fingerprint density at radius 3 is 1.85 bits per heavy atom. The molecule has 3 rings (SSSR count). The second-order valence-electron chi connectivity index (χ2n) is 4.98. The summed E-state index contributed by atoms with van der Waals surface area (Å²) >= 11 is 3.60. The Morgan fingerprint density at radius 1 is 0.850 bits per heavy atom. The highest BCUT2D eigenvalue weighted by Gasteiger charge is 2.16. The van der Waals surface area contributed by atoms with E-state index in [1.807, 2.05) is 0 Å². The molecule has 0 atom stereocenters. The maximum atomic E-state index is 3.69. The highest BCUT2D eigenvalue weighted by Crippen LogP contribution is 2.32. The Balaban J connectivity index is 1.94. The first-order valence-corrected chi connectivity index (χ1v) is 8.40. The van der Waals surface area contributed by atoms with Gasteiger partial charge in [-0.2, -0.15) is 0 Å². The van der Waals surface area contributed by atoms with E-state index in [1.165, 1.54) is 26.6 Å². The Labute approximate surface area is 127 Å². The molecular weight excluding hydrogens is 282 g/mol. The van der Waals surface area contributed by atoms with Crippen LogP contribution < -0.4 is 5.32 Å². The minimum absolute atomic E-state index is 0.246. The third-order valence-electron chi connectivity index (χ3n) is 3.19. The summed E-state index contributed by atoms with van der Waals surface area (Å²) < 4.78 is 0. The van der Waals surface area contributed by atoms with E-state index in [0.717, 1.165) is 0 Å². The van der Waals surface area contributed by atoms with E-state index in [4.69, 9.17) is 0 Å². The van der Waals surface area contributed by atoms with E-state index < -0.39 is 0 Å². The number of hydrogen-bond donors (Lipinski definition) is 1. The summed E-state index contributed by atoms with van der Waals surface area (Å²) in [4.78, 5) is 2.71. The summed E-state index contributed by atoms with van der Waals surface area (Å²) in [6.45, 7) is 4.28. The molecule has 2 aromatic heterocycles. The van der Waals surface area contributed by atoms with Crippen molar-refractivity contribution in [2.24, 2.45) is 0 Å². The van der Waals surface area contributed by atoms with Crippen LogP contribution in [-0.4, -0.2) is 0 Å². The van der Waals surface area contributed by atoms with E-state index in [9.17, 15) is 0 Å². The van der Waals surface area contributed by atoms with Gasteiger partial charge in [-0.25, -0.2) is 0 Å². The summed E-state index contributed by atoms with van der Waals surface area (Å²) in [7, 11) is 0. The fourth-order valence-corrected chi connectivity index (χ4v) is 4.08. The quantitative estimate of drug-likeness (QED) is 0.658. The predicted octanol–water partition coefficient (Wildman–Crippen LogP) is 5.63. The van der Waals surface area contributed by atoms with Gasteiger partial charge in [0.2, 0.25) is 0 Å². The van der Waals surface area contributed by atoms with Gasteiger partial charge in [-0.3, -0.25) is 0 Å². The number of benzene rings is 1. The molecule has 0 aliphatic carbocycles. The van der Waals surface area contributed by atoms with Crippen LogP contribution in [0, 0.1) is 13.8 Å². The molecule has 0 radical (unpaired) electrons. The third kappa shape index (κ3) is 2.94. The fraction of sp³-hybridized carbons (Fsp3) is 0.176. The predicted molar refractivity (Wildman–Crippen MR) is 90.0 cm³/mol. The minimum atomic E-state index is 0.246. The van der Waals surface area contributed by atoms with Gasteiger partial charge in [0.15, 0.2) is 0 Å². The van der Waals surface area contributed by atoms with Crippen molar-refractivity contribution in [1.82, 2.24) is 0 Å². The average molecular weight is 299 g/mol. The van der Waals surface area contributed by atoms with Gasteiger partial charge < -0.3 is 5.32 Å². The fourth-order valence-electron chi connectivity index (χ4n) is 2.42. The van der Waals surface area contributed by atoms with Crippen molar-refractivity contribution in [3.8, 4) is 0 Å². The SMILES string of the molecule is Cc1cc(C)cc(NC(c2cccs2)c2cccs2)c1. The molecule has 1 nitrogen and oxygen atoms in total. The average Bonchev–Trinajstić information content (AvgIpc) is 3.08. The zero-order chi connectivity index (χ0) is 13.9. The van der Waals surface area contributed by atoms with Gasteiger partial charge in [0.25, 0.3) is 0 Å². The number of anilines is 1. The lowest BCUT2D eigenvalue weighted by Crippen LogP contribution is -2.09. The lowest BCUT2D eigenvalue weighted by Gasteiger charge is -2.18. The first-order chi connectivity index (χ1) is 9.72. The van der Waals surface area contributed by atoms with Crippen molar-refractivity contribution in [3.05, 3.63) is 74.1 Å². The normalized spacial score (nSPS) is 10.9. The molecule has 2 heterocycles. The van der Waals surface area contributed by atoms with Crippen molar-refractivity contribution in [2.75, 3.05) is 5.32 Å². The Morgan fingerprint density at radius 2 is 1.40 bits per heavy atom. The summed E-state index contributed by atoms with van der Waals surface area (Å²) in [5, 5.41) is 7.96. The van der Waals surface area contributed by atoms with Gasteiger partial charge in [-0.1, -0.05) is 18.2 Å². The number of hydrogen-bond acceptors (Lipinski definition) is 3. The van der Waals surface area contributed by atoms with Gasteiger partial charge in [-0.05, 0) is 60.0 Å². The number of aryl methyl sites for hydroxylation is 2. The van der Waals surface area contributed by atoms with E-state index in [2.05, 4.69) is 72.4 Å². The van der Waals surface area contributed by atoms with E-state index >= 15 is 0 Å². The zero-order valence-electron chi connectivity index (χ0n) is 11.6. The van der Waals surface area contributed by atoms with Gasteiger partial charge in [0, 0.05) is 15.4 Å². The number of nitrogens with one attached hydrogen (secondary N) is 1. The van der Waals surface area contributed by atoms with Crippen LogP contribution in [-0.2, 0) is 0 Å². The van der Waals surface area contributed by atoms with Crippen LogP contribution in [0.1, 0.15) is 26.9 Å². The highest BCUT2D eigenvalue weighted by atomic mass is 32.1. The smallest absolute Gasteiger partial charge is 0.0953 e. The summed E-state index contributed by atoms with van der Waals surface area (Å²) in [5.74, 6) is 0. The summed E-state index contributed by atoms with van der Waals surface area (Å²) in [6.07, 6.45) is 0. The molecule has 0 aliphatic heterocycles.